The van der Waals surface area contributed by atoms with Gasteiger partial charge in [-0.25, -0.2) is 0 Å². The van der Waals surface area contributed by atoms with Crippen molar-refractivity contribution >= 4 is 40.2 Å². The highest BCUT2D eigenvalue weighted by molar-refractivity contribution is 14.1. The standard InChI is InChI=1S/C23H29IN2O4/c24-21-3-5-22(6-4-21)25-19-20-1-7-23(8-2-20)26-9-11-27-13-15-29-17-18-30-16-14-28-12-10-26/h1-8,19H,9-18H2. The molecule has 0 atom stereocenters. The van der Waals surface area contributed by atoms with E-state index in [-0.39, 0.29) is 0 Å². The Morgan fingerprint density at radius 3 is 1.70 bits per heavy atom. The van der Waals surface area contributed by atoms with E-state index in [1.165, 1.54) is 3.57 Å². The first-order valence-corrected chi connectivity index (χ1v) is 11.3. The van der Waals surface area contributed by atoms with Crippen LogP contribution in [0.2, 0.25) is 0 Å². The number of aliphatic imine (C=N–C) groups is 1. The highest BCUT2D eigenvalue weighted by Crippen LogP contribution is 2.17. The number of ether oxygens (including phenoxy) is 4. The van der Waals surface area contributed by atoms with Crippen molar-refractivity contribution in [2.24, 2.45) is 4.99 Å². The lowest BCUT2D eigenvalue weighted by atomic mass is 10.2. The van der Waals surface area contributed by atoms with Crippen LogP contribution in [0.15, 0.2) is 53.5 Å². The van der Waals surface area contributed by atoms with E-state index in [4.69, 9.17) is 18.9 Å². The molecule has 0 saturated carbocycles. The van der Waals surface area contributed by atoms with Crippen LogP contribution in [0.4, 0.5) is 11.4 Å². The zero-order valence-electron chi connectivity index (χ0n) is 17.2. The van der Waals surface area contributed by atoms with E-state index in [0.717, 1.165) is 30.0 Å². The first-order valence-electron chi connectivity index (χ1n) is 10.3. The molecule has 2 aromatic rings. The maximum atomic E-state index is 5.71. The second-order valence-electron chi connectivity index (χ2n) is 6.76. The number of hydrogen-bond donors (Lipinski definition) is 0. The Kier molecular flexibility index (Phi) is 10.6. The third-order valence-corrected chi connectivity index (χ3v) is 5.29. The zero-order valence-corrected chi connectivity index (χ0v) is 19.3. The number of nitrogens with zero attached hydrogens (tertiary/aromatic N) is 2. The summed E-state index contributed by atoms with van der Waals surface area (Å²) in [5.41, 5.74) is 3.16. The van der Waals surface area contributed by atoms with Crippen LogP contribution in [0, 0.1) is 3.57 Å². The van der Waals surface area contributed by atoms with E-state index < -0.39 is 0 Å². The Morgan fingerprint density at radius 2 is 1.17 bits per heavy atom. The van der Waals surface area contributed by atoms with Gasteiger partial charge in [0.15, 0.2) is 0 Å². The fourth-order valence-electron chi connectivity index (χ4n) is 2.93. The molecule has 1 fully saturated rings. The van der Waals surface area contributed by atoms with Crippen LogP contribution in [0.25, 0.3) is 0 Å². The average molecular weight is 524 g/mol. The van der Waals surface area contributed by atoms with Crippen LogP contribution in [-0.4, -0.2) is 72.2 Å². The monoisotopic (exact) mass is 524 g/mol. The number of hydrogen-bond acceptors (Lipinski definition) is 6. The molecule has 7 heteroatoms. The van der Waals surface area contributed by atoms with Gasteiger partial charge in [0.05, 0.1) is 58.5 Å². The third kappa shape index (κ3) is 8.69. The summed E-state index contributed by atoms with van der Waals surface area (Å²) in [6, 6.07) is 16.6. The van der Waals surface area contributed by atoms with Crippen LogP contribution < -0.4 is 4.90 Å². The molecular formula is C23H29IN2O4. The molecule has 162 valence electrons. The minimum atomic E-state index is 0.592. The van der Waals surface area contributed by atoms with Gasteiger partial charge in [-0.1, -0.05) is 12.1 Å². The molecule has 3 rings (SSSR count). The molecule has 0 amide bonds. The van der Waals surface area contributed by atoms with Gasteiger partial charge in [-0.15, -0.1) is 0 Å². The Balaban J connectivity index is 1.57. The molecule has 0 radical (unpaired) electrons. The molecule has 0 bridgehead atoms. The third-order valence-electron chi connectivity index (χ3n) is 4.57. The van der Waals surface area contributed by atoms with Crippen molar-refractivity contribution in [1.82, 2.24) is 0 Å². The number of halogens is 1. The van der Waals surface area contributed by atoms with Gasteiger partial charge in [0.2, 0.25) is 0 Å². The van der Waals surface area contributed by atoms with Crippen molar-refractivity contribution in [3.63, 3.8) is 0 Å². The van der Waals surface area contributed by atoms with Gasteiger partial charge in [0, 0.05) is 28.6 Å². The minimum Gasteiger partial charge on any atom is -0.377 e. The predicted molar refractivity (Wildman–Crippen MR) is 128 cm³/mol. The van der Waals surface area contributed by atoms with Crippen LogP contribution in [0.1, 0.15) is 5.56 Å². The van der Waals surface area contributed by atoms with E-state index >= 15 is 0 Å². The van der Waals surface area contributed by atoms with Crippen molar-refractivity contribution in [1.29, 1.82) is 0 Å². The summed E-state index contributed by atoms with van der Waals surface area (Å²) in [6.45, 7) is 6.46. The SMILES string of the molecule is Ic1ccc(N=Cc2ccc(N3CCOCCOCCOCCOCC3)cc2)cc1. The fourth-order valence-corrected chi connectivity index (χ4v) is 3.29. The Hall–Kier alpha value is -1.52. The van der Waals surface area contributed by atoms with Crippen molar-refractivity contribution in [2.75, 3.05) is 70.8 Å². The first-order chi connectivity index (χ1) is 14.8. The molecule has 0 spiro atoms. The van der Waals surface area contributed by atoms with Crippen molar-refractivity contribution in [3.05, 3.63) is 57.7 Å². The van der Waals surface area contributed by atoms with Gasteiger partial charge < -0.3 is 23.8 Å². The highest BCUT2D eigenvalue weighted by atomic mass is 127. The number of rotatable bonds is 3. The average Bonchev–Trinajstić information content (AvgIpc) is 2.78. The van der Waals surface area contributed by atoms with Crippen LogP contribution in [0.5, 0.6) is 0 Å². The molecule has 1 aliphatic rings. The van der Waals surface area contributed by atoms with Gasteiger partial charge in [0.1, 0.15) is 0 Å². The predicted octanol–water partition coefficient (Wildman–Crippen LogP) is 3.93. The molecule has 30 heavy (non-hydrogen) atoms. The van der Waals surface area contributed by atoms with Crippen LogP contribution in [-0.2, 0) is 18.9 Å². The smallest absolute Gasteiger partial charge is 0.0701 e. The van der Waals surface area contributed by atoms with Gasteiger partial charge in [-0.05, 0) is 64.6 Å². The van der Waals surface area contributed by atoms with E-state index in [1.54, 1.807) is 0 Å². The Labute approximate surface area is 192 Å². The lowest BCUT2D eigenvalue weighted by Crippen LogP contribution is -2.31. The summed E-state index contributed by atoms with van der Waals surface area (Å²) >= 11 is 2.29. The van der Waals surface area contributed by atoms with E-state index in [0.29, 0.717) is 52.9 Å². The Bertz CT molecular complexity index is 737. The highest BCUT2D eigenvalue weighted by Gasteiger charge is 2.07. The second-order valence-corrected chi connectivity index (χ2v) is 8.01. The lowest BCUT2D eigenvalue weighted by molar-refractivity contribution is 0.00206. The maximum absolute atomic E-state index is 5.71. The normalized spacial score (nSPS) is 18.1. The summed E-state index contributed by atoms with van der Waals surface area (Å²) in [4.78, 5) is 6.83. The zero-order chi connectivity index (χ0) is 20.9. The molecule has 2 aromatic carbocycles. The van der Waals surface area contributed by atoms with E-state index in [9.17, 15) is 0 Å². The Morgan fingerprint density at radius 1 is 0.667 bits per heavy atom. The molecule has 0 aliphatic carbocycles. The quantitative estimate of drug-likeness (QED) is 0.450. The van der Waals surface area contributed by atoms with E-state index in [2.05, 4.69) is 68.9 Å². The summed E-state index contributed by atoms with van der Waals surface area (Å²) in [6.07, 6.45) is 1.89. The van der Waals surface area contributed by atoms with Crippen molar-refractivity contribution < 1.29 is 18.9 Å². The molecule has 0 N–H and O–H groups in total. The van der Waals surface area contributed by atoms with Crippen LogP contribution >= 0.6 is 22.6 Å². The minimum absolute atomic E-state index is 0.592. The molecular weight excluding hydrogens is 495 g/mol. The topological polar surface area (TPSA) is 52.5 Å². The van der Waals surface area contributed by atoms with Crippen LogP contribution in [0.3, 0.4) is 0 Å². The fraction of sp³-hybridized carbons (Fsp3) is 0.435. The largest absolute Gasteiger partial charge is 0.377 e. The summed E-state index contributed by atoms with van der Waals surface area (Å²) in [5.74, 6) is 0. The molecule has 1 heterocycles. The maximum Gasteiger partial charge on any atom is 0.0701 e. The van der Waals surface area contributed by atoms with Crippen molar-refractivity contribution in [3.8, 4) is 0 Å². The second kappa shape index (κ2) is 13.7. The van der Waals surface area contributed by atoms with Crippen molar-refractivity contribution in [2.45, 2.75) is 0 Å². The molecule has 1 saturated heterocycles. The summed E-state index contributed by atoms with van der Waals surface area (Å²) in [5, 5.41) is 0. The van der Waals surface area contributed by atoms with Gasteiger partial charge in [-0.3, -0.25) is 4.99 Å². The molecule has 6 nitrogen and oxygen atoms in total. The van der Waals surface area contributed by atoms with Gasteiger partial charge >= 0.3 is 0 Å². The number of benzene rings is 2. The summed E-state index contributed by atoms with van der Waals surface area (Å²) in [7, 11) is 0. The van der Waals surface area contributed by atoms with Gasteiger partial charge in [0.25, 0.3) is 0 Å². The van der Waals surface area contributed by atoms with Gasteiger partial charge in [-0.2, -0.15) is 0 Å². The van der Waals surface area contributed by atoms with E-state index in [1.807, 2.05) is 18.3 Å². The number of anilines is 1. The molecule has 1 aliphatic heterocycles. The molecule has 0 aromatic heterocycles. The molecule has 0 unspecified atom stereocenters. The summed E-state index contributed by atoms with van der Waals surface area (Å²) < 4.78 is 23.6. The lowest BCUT2D eigenvalue weighted by Gasteiger charge is -2.25. The first kappa shape index (κ1) is 23.1.